The van der Waals surface area contributed by atoms with Crippen molar-refractivity contribution >= 4 is 23.0 Å². The first-order valence-corrected chi connectivity index (χ1v) is 13.8. The number of carbonyl (C=O) groups excluding carboxylic acids is 1. The molecule has 5 rings (SSSR count). The second-order valence-electron chi connectivity index (χ2n) is 10.5. The van der Waals surface area contributed by atoms with E-state index in [2.05, 4.69) is 20.5 Å². The van der Waals surface area contributed by atoms with Crippen molar-refractivity contribution in [3.8, 4) is 5.75 Å². The van der Waals surface area contributed by atoms with E-state index in [1.165, 1.54) is 25.0 Å². The highest BCUT2D eigenvalue weighted by Gasteiger charge is 2.29. The fraction of sp³-hybridized carbons (Fsp3) is 0.400. The van der Waals surface area contributed by atoms with Crippen LogP contribution in [-0.4, -0.2) is 60.5 Å². The number of likely N-dealkylation sites (tertiary alicyclic amines) is 1. The van der Waals surface area contributed by atoms with Gasteiger partial charge in [0.1, 0.15) is 11.6 Å². The summed E-state index contributed by atoms with van der Waals surface area (Å²) in [5, 5.41) is 6.71. The van der Waals surface area contributed by atoms with E-state index >= 15 is 0 Å². The molecule has 1 unspecified atom stereocenters. The van der Waals surface area contributed by atoms with Gasteiger partial charge in [0.15, 0.2) is 0 Å². The molecule has 1 aromatic heterocycles. The number of ether oxygens (including phenoxy) is 1. The van der Waals surface area contributed by atoms with Crippen LogP contribution >= 0.6 is 0 Å². The van der Waals surface area contributed by atoms with E-state index in [1.807, 2.05) is 17.9 Å². The molecule has 0 saturated carbocycles. The number of carbonyl (C=O) groups is 1. The number of pyridine rings is 1. The highest BCUT2D eigenvalue weighted by molar-refractivity contribution is 6.00. The van der Waals surface area contributed by atoms with E-state index in [9.17, 15) is 14.0 Å². The van der Waals surface area contributed by atoms with E-state index in [-0.39, 0.29) is 23.3 Å². The highest BCUT2D eigenvalue weighted by Crippen LogP contribution is 2.33. The number of nitrogens with one attached hydrogen (secondary N) is 3. The van der Waals surface area contributed by atoms with Gasteiger partial charge in [-0.1, -0.05) is 0 Å². The lowest BCUT2D eigenvalue weighted by molar-refractivity contribution is 0.0763. The Morgan fingerprint density at radius 2 is 1.90 bits per heavy atom. The van der Waals surface area contributed by atoms with Gasteiger partial charge in [-0.15, -0.1) is 0 Å². The summed E-state index contributed by atoms with van der Waals surface area (Å²) in [4.78, 5) is 32.9. The maximum absolute atomic E-state index is 13.8. The van der Waals surface area contributed by atoms with Gasteiger partial charge in [0.05, 0.1) is 30.1 Å². The average Bonchev–Trinajstić information content (AvgIpc) is 3.56. The summed E-state index contributed by atoms with van der Waals surface area (Å²) in [6, 6.07) is 9.51. The second-order valence-corrected chi connectivity index (χ2v) is 10.5. The largest absolute Gasteiger partial charge is 0.496 e. The zero-order valence-electron chi connectivity index (χ0n) is 23.1. The smallest absolute Gasteiger partial charge is 0.255 e. The molecule has 0 bridgehead atoms. The summed E-state index contributed by atoms with van der Waals surface area (Å²) in [6.45, 7) is 6.70. The Kier molecular flexibility index (Phi) is 8.25. The van der Waals surface area contributed by atoms with Crippen molar-refractivity contribution in [2.24, 2.45) is 0 Å². The van der Waals surface area contributed by atoms with Gasteiger partial charge in [-0.25, -0.2) is 4.39 Å². The maximum Gasteiger partial charge on any atom is 0.255 e. The molecule has 2 aromatic carbocycles. The fourth-order valence-electron chi connectivity index (χ4n) is 5.67. The van der Waals surface area contributed by atoms with Crippen molar-refractivity contribution in [3.63, 3.8) is 0 Å². The van der Waals surface area contributed by atoms with Gasteiger partial charge in [-0.2, -0.15) is 0 Å². The molecule has 40 heavy (non-hydrogen) atoms. The van der Waals surface area contributed by atoms with Crippen LogP contribution < -0.4 is 26.7 Å². The zero-order chi connectivity index (χ0) is 28.2. The summed E-state index contributed by atoms with van der Waals surface area (Å²) in [5.74, 6) is 0.305. The van der Waals surface area contributed by atoms with Gasteiger partial charge in [0, 0.05) is 43.6 Å². The third-order valence-corrected chi connectivity index (χ3v) is 7.80. The molecular weight excluding hydrogens is 511 g/mol. The number of anilines is 3. The number of nitrogens with two attached hydrogens (primary N) is 1. The van der Waals surface area contributed by atoms with Gasteiger partial charge in [0.25, 0.3) is 11.5 Å². The van der Waals surface area contributed by atoms with Gasteiger partial charge >= 0.3 is 0 Å². The third-order valence-electron chi connectivity index (χ3n) is 7.80. The van der Waals surface area contributed by atoms with Crippen LogP contribution in [0.1, 0.15) is 52.9 Å². The molecule has 3 aromatic rings. The van der Waals surface area contributed by atoms with Gasteiger partial charge in [0.2, 0.25) is 0 Å². The zero-order valence-corrected chi connectivity index (χ0v) is 23.1. The maximum atomic E-state index is 13.8. The summed E-state index contributed by atoms with van der Waals surface area (Å²) in [6.07, 6.45) is 4.55. The molecular formula is C30H37FN6O3. The molecule has 3 heterocycles. The number of aromatic amines is 1. The molecule has 1 amide bonds. The number of H-pyrrole nitrogens is 1. The van der Waals surface area contributed by atoms with Crippen LogP contribution in [0.2, 0.25) is 0 Å². The van der Waals surface area contributed by atoms with E-state index < -0.39 is 0 Å². The number of nitrogens with zero attached hydrogens (tertiary/aromatic N) is 2. The number of fused-ring (bicyclic) bond motifs is 1. The quantitative estimate of drug-likeness (QED) is 0.268. The number of hydrogen-bond acceptors (Lipinski definition) is 7. The molecule has 2 aliphatic rings. The number of nitrogen functional groups attached to an aromatic ring is 1. The van der Waals surface area contributed by atoms with Crippen LogP contribution in [0.3, 0.4) is 0 Å². The lowest BCUT2D eigenvalue weighted by Crippen LogP contribution is -2.33. The number of hydrogen-bond donors (Lipinski definition) is 4. The number of methoxy groups -OCH3 is 1. The van der Waals surface area contributed by atoms with Crippen LogP contribution in [0, 0.1) is 5.82 Å². The lowest BCUT2D eigenvalue weighted by atomic mass is 10.0. The van der Waals surface area contributed by atoms with Gasteiger partial charge in [-0.3, -0.25) is 9.59 Å². The molecule has 1 atom stereocenters. The predicted octanol–water partition coefficient (Wildman–Crippen LogP) is 3.98. The lowest BCUT2D eigenvalue weighted by Gasteiger charge is -2.21. The molecule has 212 valence electrons. The van der Waals surface area contributed by atoms with E-state index in [1.54, 1.807) is 31.5 Å². The van der Waals surface area contributed by atoms with Crippen molar-refractivity contribution < 1.29 is 13.9 Å². The van der Waals surface area contributed by atoms with Crippen molar-refractivity contribution in [3.05, 3.63) is 81.0 Å². The van der Waals surface area contributed by atoms with Crippen LogP contribution in [0.4, 0.5) is 21.5 Å². The second kappa shape index (κ2) is 12.0. The minimum Gasteiger partial charge on any atom is -0.496 e. The summed E-state index contributed by atoms with van der Waals surface area (Å²) in [7, 11) is 1.55. The normalized spacial score (nSPS) is 15.8. The average molecular weight is 549 g/mol. The molecule has 9 nitrogen and oxygen atoms in total. The Labute approximate surface area is 233 Å². The monoisotopic (exact) mass is 548 g/mol. The SMILES string of the molecule is COc1ccc(F)cc1CCNc1cc[nH]c(=O)c1C(C)Nc1cc2c(cc1N)C(=O)N(CCN1CCCC1)C2. The molecule has 0 spiro atoms. The first-order valence-electron chi connectivity index (χ1n) is 13.8. The Balaban J connectivity index is 1.27. The number of halogens is 1. The molecule has 0 aliphatic carbocycles. The summed E-state index contributed by atoms with van der Waals surface area (Å²) in [5.41, 5.74) is 10.8. The predicted molar refractivity (Wildman–Crippen MR) is 156 cm³/mol. The van der Waals surface area contributed by atoms with Crippen molar-refractivity contribution in [2.75, 3.05) is 56.2 Å². The summed E-state index contributed by atoms with van der Waals surface area (Å²) >= 11 is 0. The van der Waals surface area contributed by atoms with Crippen molar-refractivity contribution in [1.82, 2.24) is 14.8 Å². The van der Waals surface area contributed by atoms with Gasteiger partial charge in [-0.05, 0) is 86.8 Å². The van der Waals surface area contributed by atoms with E-state index in [0.717, 1.165) is 30.8 Å². The molecule has 5 N–H and O–H groups in total. The number of rotatable bonds is 11. The Morgan fingerprint density at radius 3 is 2.67 bits per heavy atom. The first kappa shape index (κ1) is 27.5. The minimum absolute atomic E-state index is 0.0152. The summed E-state index contributed by atoms with van der Waals surface area (Å²) < 4.78 is 19.1. The van der Waals surface area contributed by atoms with Crippen LogP contribution in [0.5, 0.6) is 5.75 Å². The molecule has 0 radical (unpaired) electrons. The van der Waals surface area contributed by atoms with Crippen molar-refractivity contribution in [1.29, 1.82) is 0 Å². The van der Waals surface area contributed by atoms with E-state index in [4.69, 9.17) is 10.5 Å². The fourth-order valence-corrected chi connectivity index (χ4v) is 5.67. The molecule has 1 saturated heterocycles. The topological polar surface area (TPSA) is 116 Å². The Bertz CT molecular complexity index is 1440. The molecule has 10 heteroatoms. The highest BCUT2D eigenvalue weighted by atomic mass is 19.1. The van der Waals surface area contributed by atoms with Crippen LogP contribution in [0.25, 0.3) is 0 Å². The number of aromatic nitrogens is 1. The van der Waals surface area contributed by atoms with E-state index in [0.29, 0.717) is 60.0 Å². The number of benzene rings is 2. The molecule has 2 aliphatic heterocycles. The standard InChI is InChI=1S/C30H37FN6O3/c1-19(28-25(8-10-34-29(28)38)33-9-7-20-15-22(31)5-6-27(20)40-2)35-26-16-21-18-37(14-13-36-11-3-4-12-36)30(39)23(21)17-24(26)32/h5-6,8,10,15-17,19,35H,3-4,7,9,11-14,18,32H2,1-2H3,(H2,33,34,38). The number of amides is 1. The Morgan fingerprint density at radius 1 is 1.10 bits per heavy atom. The minimum atomic E-state index is -0.389. The first-order chi connectivity index (χ1) is 19.3. The van der Waals surface area contributed by atoms with Gasteiger partial charge < -0.3 is 35.9 Å². The van der Waals surface area contributed by atoms with Crippen LogP contribution in [0.15, 0.2) is 47.4 Å². The van der Waals surface area contributed by atoms with Crippen molar-refractivity contribution in [2.45, 2.75) is 38.8 Å². The molecule has 1 fully saturated rings. The third kappa shape index (κ3) is 5.91. The van der Waals surface area contributed by atoms with Crippen LogP contribution in [-0.2, 0) is 13.0 Å². The Hall–Kier alpha value is -4.05.